The number of carbonyl (C=O) groups excluding carboxylic acids is 3. The van der Waals surface area contributed by atoms with Crippen LogP contribution in [0.4, 0.5) is 5.69 Å². The van der Waals surface area contributed by atoms with Gasteiger partial charge in [-0.1, -0.05) is 11.8 Å². The minimum atomic E-state index is -0.759. The average molecular weight is 364 g/mol. The van der Waals surface area contributed by atoms with Crippen LogP contribution >= 0.6 is 11.8 Å². The molecule has 1 heterocycles. The van der Waals surface area contributed by atoms with E-state index in [-0.39, 0.29) is 24.2 Å². The zero-order chi connectivity index (χ0) is 18.4. The summed E-state index contributed by atoms with van der Waals surface area (Å²) in [5, 5.41) is 3.17. The highest BCUT2D eigenvalue weighted by molar-refractivity contribution is 8.04. The smallest absolute Gasteiger partial charge is 0.333 e. The van der Waals surface area contributed by atoms with Gasteiger partial charge in [0.1, 0.15) is 11.8 Å². The van der Waals surface area contributed by atoms with Gasteiger partial charge in [0.25, 0.3) is 0 Å². The van der Waals surface area contributed by atoms with Gasteiger partial charge in [0, 0.05) is 5.69 Å². The molecule has 134 valence electrons. The van der Waals surface area contributed by atoms with Crippen LogP contribution in [0.3, 0.4) is 0 Å². The average Bonchev–Trinajstić information content (AvgIpc) is 2.95. The molecule has 0 radical (unpaired) electrons. The van der Waals surface area contributed by atoms with Crippen LogP contribution in [0.5, 0.6) is 5.75 Å². The van der Waals surface area contributed by atoms with Gasteiger partial charge in [0.15, 0.2) is 0 Å². The van der Waals surface area contributed by atoms with Crippen molar-refractivity contribution in [3.63, 3.8) is 0 Å². The Bertz CT molecular complexity index is 687. The summed E-state index contributed by atoms with van der Waals surface area (Å²) < 4.78 is 9.93. The summed E-state index contributed by atoms with van der Waals surface area (Å²) in [6.07, 6.45) is 1.25. The van der Waals surface area contributed by atoms with Gasteiger partial charge in [-0.3, -0.25) is 14.5 Å². The van der Waals surface area contributed by atoms with Crippen LogP contribution in [0.2, 0.25) is 0 Å². The fourth-order valence-corrected chi connectivity index (χ4v) is 3.23. The van der Waals surface area contributed by atoms with Crippen molar-refractivity contribution in [3.05, 3.63) is 35.4 Å². The van der Waals surface area contributed by atoms with E-state index in [1.165, 1.54) is 22.7 Å². The Kier molecular flexibility index (Phi) is 6.46. The number of methoxy groups -OCH3 is 1. The number of hydrogen-bond donors (Lipinski definition) is 1. The third kappa shape index (κ3) is 4.76. The molecule has 1 aromatic carbocycles. The summed E-state index contributed by atoms with van der Waals surface area (Å²) in [5.74, 6) is -0.247. The number of hydrogen-bond acceptors (Lipinski definition) is 6. The van der Waals surface area contributed by atoms with Crippen molar-refractivity contribution >= 4 is 35.2 Å². The number of nitrogens with zero attached hydrogens (tertiary/aromatic N) is 1. The molecule has 1 unspecified atom stereocenters. The molecule has 0 spiro atoms. The van der Waals surface area contributed by atoms with E-state index in [0.717, 1.165) is 0 Å². The number of anilines is 1. The van der Waals surface area contributed by atoms with E-state index in [1.807, 2.05) is 0 Å². The topological polar surface area (TPSA) is 84.9 Å². The lowest BCUT2D eigenvalue weighted by molar-refractivity contribution is -0.137. The number of amides is 2. The molecule has 1 atom stereocenters. The first-order valence-electron chi connectivity index (χ1n) is 7.74. The first kappa shape index (κ1) is 18.9. The molecule has 0 bridgehead atoms. The second kappa shape index (κ2) is 8.57. The van der Waals surface area contributed by atoms with E-state index in [9.17, 15) is 14.4 Å². The van der Waals surface area contributed by atoms with E-state index in [1.54, 1.807) is 45.2 Å². The summed E-state index contributed by atoms with van der Waals surface area (Å²) in [5.41, 5.74) is 0.591. The molecule has 1 aliphatic heterocycles. The van der Waals surface area contributed by atoms with Crippen molar-refractivity contribution in [2.24, 2.45) is 0 Å². The maximum atomic E-state index is 12.5. The molecule has 2 rings (SSSR count). The molecule has 25 heavy (non-hydrogen) atoms. The Morgan fingerprint density at radius 3 is 2.64 bits per heavy atom. The molecular weight excluding hydrogens is 344 g/mol. The predicted molar refractivity (Wildman–Crippen MR) is 95.1 cm³/mol. The third-order valence-corrected chi connectivity index (χ3v) is 4.50. The molecule has 1 N–H and O–H groups in total. The standard InChI is InChI=1S/C17H20N2O5S/c1-4-24-16(21)9-15-19(14(20)10-25-15)11(2)17(22)18-12-5-7-13(23-3)8-6-12/h5-9,11H,4,10H2,1-3H3,(H,18,22)/b15-9-. The highest BCUT2D eigenvalue weighted by atomic mass is 32.2. The Labute approximate surface area is 150 Å². The first-order valence-corrected chi connectivity index (χ1v) is 8.73. The molecule has 0 aromatic heterocycles. The van der Waals surface area contributed by atoms with Gasteiger partial charge in [-0.15, -0.1) is 0 Å². The van der Waals surface area contributed by atoms with Crippen LogP contribution in [-0.4, -0.2) is 48.2 Å². The fraction of sp³-hybridized carbons (Fsp3) is 0.353. The normalized spacial score (nSPS) is 16.7. The Hall–Kier alpha value is -2.48. The van der Waals surface area contributed by atoms with E-state index >= 15 is 0 Å². The summed E-state index contributed by atoms with van der Waals surface area (Å²) >= 11 is 1.21. The lowest BCUT2D eigenvalue weighted by atomic mass is 10.2. The molecule has 7 nitrogen and oxygen atoms in total. The van der Waals surface area contributed by atoms with Gasteiger partial charge in [-0.05, 0) is 38.1 Å². The van der Waals surface area contributed by atoms with E-state index in [0.29, 0.717) is 16.5 Å². The number of benzene rings is 1. The van der Waals surface area contributed by atoms with E-state index in [4.69, 9.17) is 9.47 Å². The van der Waals surface area contributed by atoms with E-state index < -0.39 is 12.0 Å². The number of esters is 1. The summed E-state index contributed by atoms with van der Waals surface area (Å²) in [6, 6.07) is 6.11. The Balaban J connectivity index is 2.09. The molecule has 2 amide bonds. The van der Waals surface area contributed by atoms with Gasteiger partial charge < -0.3 is 14.8 Å². The summed E-state index contributed by atoms with van der Waals surface area (Å²) in [7, 11) is 1.56. The third-order valence-electron chi connectivity index (χ3n) is 3.50. The van der Waals surface area contributed by atoms with Crippen LogP contribution in [0, 0.1) is 0 Å². The van der Waals surface area contributed by atoms with Crippen molar-refractivity contribution in [2.45, 2.75) is 19.9 Å². The fourth-order valence-electron chi connectivity index (χ4n) is 2.24. The molecule has 1 aliphatic rings. The second-order valence-corrected chi connectivity index (χ2v) is 6.18. The zero-order valence-corrected chi connectivity index (χ0v) is 15.1. The van der Waals surface area contributed by atoms with Crippen molar-refractivity contribution in [1.82, 2.24) is 4.90 Å². The number of nitrogens with one attached hydrogen (secondary N) is 1. The van der Waals surface area contributed by atoms with Crippen molar-refractivity contribution in [3.8, 4) is 5.75 Å². The van der Waals surface area contributed by atoms with Crippen LogP contribution in [0.25, 0.3) is 0 Å². The molecule has 8 heteroatoms. The molecule has 0 saturated carbocycles. The lowest BCUT2D eigenvalue weighted by Gasteiger charge is -2.24. The Morgan fingerprint density at radius 2 is 2.04 bits per heavy atom. The number of rotatable bonds is 6. The van der Waals surface area contributed by atoms with Crippen molar-refractivity contribution in [1.29, 1.82) is 0 Å². The van der Waals surface area contributed by atoms with Crippen LogP contribution in [0.1, 0.15) is 13.8 Å². The van der Waals surface area contributed by atoms with Gasteiger partial charge in [0.05, 0.1) is 30.6 Å². The van der Waals surface area contributed by atoms with Gasteiger partial charge in [-0.2, -0.15) is 0 Å². The minimum Gasteiger partial charge on any atom is -0.497 e. The van der Waals surface area contributed by atoms with Crippen LogP contribution in [-0.2, 0) is 19.1 Å². The van der Waals surface area contributed by atoms with E-state index in [2.05, 4.69) is 5.32 Å². The summed E-state index contributed by atoms with van der Waals surface area (Å²) in [4.78, 5) is 37.5. The first-order chi connectivity index (χ1) is 12.0. The lowest BCUT2D eigenvalue weighted by Crippen LogP contribution is -2.42. The summed E-state index contributed by atoms with van der Waals surface area (Å²) in [6.45, 7) is 3.56. The number of ether oxygens (including phenoxy) is 2. The maximum Gasteiger partial charge on any atom is 0.333 e. The van der Waals surface area contributed by atoms with Crippen LogP contribution in [0.15, 0.2) is 35.4 Å². The zero-order valence-electron chi connectivity index (χ0n) is 14.3. The minimum absolute atomic E-state index is 0.186. The Morgan fingerprint density at radius 1 is 1.36 bits per heavy atom. The van der Waals surface area contributed by atoms with Gasteiger partial charge in [-0.25, -0.2) is 4.79 Å². The molecular formula is C17H20N2O5S. The van der Waals surface area contributed by atoms with Crippen LogP contribution < -0.4 is 10.1 Å². The molecule has 1 fully saturated rings. The van der Waals surface area contributed by atoms with Gasteiger partial charge >= 0.3 is 5.97 Å². The predicted octanol–water partition coefficient (Wildman–Crippen LogP) is 2.00. The number of carbonyl (C=O) groups is 3. The quantitative estimate of drug-likeness (QED) is 0.614. The molecule has 1 saturated heterocycles. The SMILES string of the molecule is CCOC(=O)/C=C1\SCC(=O)N1C(C)C(=O)Nc1ccc(OC)cc1. The van der Waals surface area contributed by atoms with Crippen molar-refractivity contribution in [2.75, 3.05) is 24.8 Å². The second-order valence-electron chi connectivity index (χ2n) is 5.18. The monoisotopic (exact) mass is 364 g/mol. The molecule has 0 aliphatic carbocycles. The number of thioether (sulfide) groups is 1. The van der Waals surface area contributed by atoms with Crippen molar-refractivity contribution < 1.29 is 23.9 Å². The maximum absolute atomic E-state index is 12.5. The molecule has 1 aromatic rings. The highest BCUT2D eigenvalue weighted by Crippen LogP contribution is 2.31. The largest absolute Gasteiger partial charge is 0.497 e. The van der Waals surface area contributed by atoms with Gasteiger partial charge in [0.2, 0.25) is 11.8 Å². The highest BCUT2D eigenvalue weighted by Gasteiger charge is 2.34.